The topological polar surface area (TPSA) is 153 Å². The van der Waals surface area contributed by atoms with Crippen LogP contribution in [0.3, 0.4) is 0 Å². The highest BCUT2D eigenvalue weighted by atomic mass is 16.4. The van der Waals surface area contributed by atoms with E-state index in [-0.39, 0.29) is 17.8 Å². The van der Waals surface area contributed by atoms with Crippen LogP contribution in [0.2, 0.25) is 0 Å². The smallest absolute Gasteiger partial charge is 0.353 e. The average Bonchev–Trinajstić information content (AvgIpc) is 3.29. The van der Waals surface area contributed by atoms with Crippen LogP contribution in [0.25, 0.3) is 11.1 Å². The molecule has 9 nitrogen and oxygen atoms in total. The van der Waals surface area contributed by atoms with Crippen molar-refractivity contribution in [3.63, 3.8) is 0 Å². The number of carboxylic acids is 2. The summed E-state index contributed by atoms with van der Waals surface area (Å²) < 4.78 is 0. The number of hydrogen-bond donors (Lipinski definition) is 5. The van der Waals surface area contributed by atoms with Gasteiger partial charge in [0.15, 0.2) is 5.69 Å². The standard InChI is InChI=1S/C23H23N3O6/c27-13-17(22(29)30)11-18(24-21(28)19-12-20(23(31)32)26-25-19)10-14-6-8-16(9-7-14)15-4-2-1-3-5-15/h1-9,12,17-18,27H,10-11,13H2,(H,24,28)(H,25,26)(H,29,30)(H,31,32). The van der Waals surface area contributed by atoms with Gasteiger partial charge in [-0.25, -0.2) is 4.79 Å². The maximum absolute atomic E-state index is 12.6. The molecule has 0 saturated heterocycles. The molecule has 1 heterocycles. The number of carbonyl (C=O) groups is 3. The minimum atomic E-state index is -1.25. The Morgan fingerprint density at radius 3 is 2.19 bits per heavy atom. The third kappa shape index (κ3) is 5.79. The summed E-state index contributed by atoms with van der Waals surface area (Å²) in [5, 5.41) is 36.4. The molecule has 32 heavy (non-hydrogen) atoms. The summed E-state index contributed by atoms with van der Waals surface area (Å²) in [4.78, 5) is 35.0. The molecule has 3 aromatic rings. The van der Waals surface area contributed by atoms with Gasteiger partial charge in [0.1, 0.15) is 5.69 Å². The van der Waals surface area contributed by atoms with E-state index in [9.17, 15) is 24.6 Å². The second-order valence-corrected chi connectivity index (χ2v) is 7.36. The first-order valence-corrected chi connectivity index (χ1v) is 9.95. The van der Waals surface area contributed by atoms with Crippen LogP contribution in [0.4, 0.5) is 0 Å². The Morgan fingerprint density at radius 1 is 0.969 bits per heavy atom. The fraction of sp³-hybridized carbons (Fsp3) is 0.217. The summed E-state index contributed by atoms with van der Waals surface area (Å²) in [7, 11) is 0. The fourth-order valence-corrected chi connectivity index (χ4v) is 3.35. The number of carbonyl (C=O) groups excluding carboxylic acids is 1. The SMILES string of the molecule is O=C(NC(Cc1ccc(-c2ccccc2)cc1)CC(CO)C(=O)O)c1cc(C(=O)O)[nH]n1. The average molecular weight is 437 g/mol. The highest BCUT2D eigenvalue weighted by Crippen LogP contribution is 2.21. The molecule has 166 valence electrons. The lowest BCUT2D eigenvalue weighted by molar-refractivity contribution is -0.143. The minimum Gasteiger partial charge on any atom is -0.481 e. The van der Waals surface area contributed by atoms with Crippen molar-refractivity contribution in [2.45, 2.75) is 18.9 Å². The molecule has 9 heteroatoms. The number of aromatic carboxylic acids is 1. The molecular formula is C23H23N3O6. The number of aliphatic hydroxyl groups is 1. The number of nitrogens with zero attached hydrogens (tertiary/aromatic N) is 1. The number of aromatic nitrogens is 2. The molecule has 2 unspecified atom stereocenters. The molecule has 2 aromatic carbocycles. The van der Waals surface area contributed by atoms with Crippen molar-refractivity contribution >= 4 is 17.8 Å². The summed E-state index contributed by atoms with van der Waals surface area (Å²) in [6.45, 7) is -0.569. The Hall–Kier alpha value is -3.98. The molecule has 0 radical (unpaired) electrons. The van der Waals surface area contributed by atoms with E-state index in [0.717, 1.165) is 22.8 Å². The van der Waals surface area contributed by atoms with Gasteiger partial charge in [-0.2, -0.15) is 5.10 Å². The number of H-pyrrole nitrogens is 1. The van der Waals surface area contributed by atoms with E-state index in [4.69, 9.17) is 5.11 Å². The van der Waals surface area contributed by atoms with E-state index in [1.165, 1.54) is 0 Å². The van der Waals surface area contributed by atoms with Gasteiger partial charge in [-0.15, -0.1) is 0 Å². The van der Waals surface area contributed by atoms with E-state index in [1.807, 2.05) is 54.6 Å². The van der Waals surface area contributed by atoms with Crippen molar-refractivity contribution in [3.05, 3.63) is 77.6 Å². The van der Waals surface area contributed by atoms with Gasteiger partial charge in [0.25, 0.3) is 5.91 Å². The zero-order valence-corrected chi connectivity index (χ0v) is 17.1. The minimum absolute atomic E-state index is 0.00573. The van der Waals surface area contributed by atoms with Gasteiger partial charge >= 0.3 is 11.9 Å². The molecule has 0 fully saturated rings. The normalized spacial score (nSPS) is 12.7. The lowest BCUT2D eigenvalue weighted by Crippen LogP contribution is -2.40. The molecule has 0 aliphatic carbocycles. The van der Waals surface area contributed by atoms with Crippen LogP contribution in [0.5, 0.6) is 0 Å². The molecular weight excluding hydrogens is 414 g/mol. The molecule has 1 aromatic heterocycles. The van der Waals surface area contributed by atoms with Crippen molar-refractivity contribution in [2.75, 3.05) is 6.61 Å². The summed E-state index contributed by atoms with van der Waals surface area (Å²) in [5.41, 5.74) is 2.59. The third-order valence-corrected chi connectivity index (χ3v) is 5.06. The Kier molecular flexibility index (Phi) is 7.35. The largest absolute Gasteiger partial charge is 0.481 e. The van der Waals surface area contributed by atoms with E-state index >= 15 is 0 Å². The first kappa shape index (κ1) is 22.7. The molecule has 0 saturated carbocycles. The molecule has 3 rings (SSSR count). The summed E-state index contributed by atoms with van der Waals surface area (Å²) >= 11 is 0. The van der Waals surface area contributed by atoms with Crippen LogP contribution in [0, 0.1) is 5.92 Å². The zero-order chi connectivity index (χ0) is 23.1. The van der Waals surface area contributed by atoms with Crippen LogP contribution in [0.1, 0.15) is 33.0 Å². The van der Waals surface area contributed by atoms with Gasteiger partial charge in [0.05, 0.1) is 12.5 Å². The van der Waals surface area contributed by atoms with Gasteiger partial charge in [-0.05, 0) is 29.5 Å². The highest BCUT2D eigenvalue weighted by molar-refractivity contribution is 5.95. The van der Waals surface area contributed by atoms with Crippen molar-refractivity contribution < 1.29 is 29.7 Å². The number of aromatic amines is 1. The van der Waals surface area contributed by atoms with Crippen molar-refractivity contribution in [1.29, 1.82) is 0 Å². The van der Waals surface area contributed by atoms with Crippen LogP contribution in [-0.4, -0.2) is 56.0 Å². The summed E-state index contributed by atoms with van der Waals surface area (Å²) in [6, 6.07) is 18.0. The second kappa shape index (κ2) is 10.4. The van der Waals surface area contributed by atoms with Crippen LogP contribution >= 0.6 is 0 Å². The predicted molar refractivity (Wildman–Crippen MR) is 115 cm³/mol. The molecule has 2 atom stereocenters. The first-order chi connectivity index (χ1) is 15.4. The number of carboxylic acid groups (broad SMARTS) is 2. The van der Waals surface area contributed by atoms with Crippen molar-refractivity contribution in [1.82, 2.24) is 15.5 Å². The number of hydrogen-bond acceptors (Lipinski definition) is 5. The second-order valence-electron chi connectivity index (χ2n) is 7.36. The van der Waals surface area contributed by atoms with Crippen LogP contribution in [0.15, 0.2) is 60.7 Å². The third-order valence-electron chi connectivity index (χ3n) is 5.06. The maximum atomic E-state index is 12.6. The van der Waals surface area contributed by atoms with E-state index in [0.29, 0.717) is 6.42 Å². The highest BCUT2D eigenvalue weighted by Gasteiger charge is 2.25. The predicted octanol–water partition coefficient (Wildman–Crippen LogP) is 2.20. The zero-order valence-electron chi connectivity index (χ0n) is 17.1. The van der Waals surface area contributed by atoms with Crippen molar-refractivity contribution in [3.8, 4) is 11.1 Å². The molecule has 0 aliphatic heterocycles. The molecule has 5 N–H and O–H groups in total. The number of aliphatic hydroxyl groups excluding tert-OH is 1. The van der Waals surface area contributed by atoms with Gasteiger partial charge in [0.2, 0.25) is 0 Å². The molecule has 0 spiro atoms. The van der Waals surface area contributed by atoms with Crippen molar-refractivity contribution in [2.24, 2.45) is 5.92 Å². The Labute approximate surface area is 183 Å². The van der Waals surface area contributed by atoms with Gasteiger partial charge < -0.3 is 20.6 Å². The monoisotopic (exact) mass is 437 g/mol. The Bertz CT molecular complexity index is 1080. The first-order valence-electron chi connectivity index (χ1n) is 9.95. The lowest BCUT2D eigenvalue weighted by Gasteiger charge is -2.21. The lowest BCUT2D eigenvalue weighted by atomic mass is 9.94. The number of nitrogens with one attached hydrogen (secondary N) is 2. The number of rotatable bonds is 10. The fourth-order valence-electron chi connectivity index (χ4n) is 3.35. The van der Waals surface area contributed by atoms with Gasteiger partial charge in [-0.1, -0.05) is 54.6 Å². The summed E-state index contributed by atoms with van der Waals surface area (Å²) in [6.07, 6.45) is 0.315. The van der Waals surface area contributed by atoms with E-state index < -0.39 is 36.4 Å². The molecule has 1 amide bonds. The Morgan fingerprint density at radius 2 is 1.62 bits per heavy atom. The molecule has 0 aliphatic rings. The summed E-state index contributed by atoms with van der Waals surface area (Å²) in [5.74, 6) is -4.11. The number of amides is 1. The molecule has 0 bridgehead atoms. The van der Waals surface area contributed by atoms with Gasteiger partial charge in [0, 0.05) is 12.1 Å². The quantitative estimate of drug-likeness (QED) is 0.326. The van der Waals surface area contributed by atoms with Crippen LogP contribution in [-0.2, 0) is 11.2 Å². The van der Waals surface area contributed by atoms with Gasteiger partial charge in [-0.3, -0.25) is 14.7 Å². The van der Waals surface area contributed by atoms with E-state index in [1.54, 1.807) is 0 Å². The maximum Gasteiger partial charge on any atom is 0.353 e. The Balaban J connectivity index is 1.76. The number of aliphatic carboxylic acids is 1. The number of benzene rings is 2. The van der Waals surface area contributed by atoms with E-state index in [2.05, 4.69) is 15.5 Å². The van der Waals surface area contributed by atoms with Crippen LogP contribution < -0.4 is 5.32 Å².